The number of allylic oxidation sites excluding steroid dienone is 5. The summed E-state index contributed by atoms with van der Waals surface area (Å²) in [7, 11) is 0. The molecule has 0 spiro atoms. The van der Waals surface area contributed by atoms with Crippen LogP contribution in [0.25, 0.3) is 0 Å². The number of esters is 1. The fourth-order valence-corrected chi connectivity index (χ4v) is 4.90. The highest BCUT2D eigenvalue weighted by Gasteiger charge is 2.53. The summed E-state index contributed by atoms with van der Waals surface area (Å²) in [5.74, 6) is -1.43. The van der Waals surface area contributed by atoms with Gasteiger partial charge in [0.2, 0.25) is 5.91 Å². The average Bonchev–Trinajstić information content (AvgIpc) is 3.35. The summed E-state index contributed by atoms with van der Waals surface area (Å²) in [4.78, 5) is 38.8. The Morgan fingerprint density at radius 3 is 2.41 bits per heavy atom. The highest BCUT2D eigenvalue weighted by atomic mass is 16.5. The van der Waals surface area contributed by atoms with Gasteiger partial charge in [-0.05, 0) is 63.7 Å². The summed E-state index contributed by atoms with van der Waals surface area (Å²) in [5.41, 5.74) is 6.08. The second kappa shape index (κ2) is 5.78. The number of rotatable bonds is 4. The summed E-state index contributed by atoms with van der Waals surface area (Å²) in [5, 5.41) is 0. The second-order valence-electron chi connectivity index (χ2n) is 8.37. The largest absolute Gasteiger partial charge is 0.463 e. The summed E-state index contributed by atoms with van der Waals surface area (Å²) in [6, 6.07) is 0. The van der Waals surface area contributed by atoms with E-state index < -0.39 is 11.9 Å². The molecule has 2 unspecified atom stereocenters. The minimum atomic E-state index is -0.536. The maximum Gasteiger partial charge on any atom is 0.326 e. The van der Waals surface area contributed by atoms with Gasteiger partial charge in [-0.3, -0.25) is 19.3 Å². The van der Waals surface area contributed by atoms with Crippen molar-refractivity contribution in [2.75, 3.05) is 13.2 Å². The van der Waals surface area contributed by atoms with Crippen LogP contribution in [0, 0.1) is 17.3 Å². The molecule has 2 atom stereocenters. The fraction of sp³-hybridized carbons (Fsp3) is 0.500. The first-order valence-electron chi connectivity index (χ1n) is 9.45. The number of carbonyl (C=O) groups excluding carboxylic acids is 3. The molecule has 0 aromatic heterocycles. The van der Waals surface area contributed by atoms with E-state index in [4.69, 9.17) is 4.74 Å². The van der Waals surface area contributed by atoms with E-state index in [1.165, 1.54) is 22.3 Å². The van der Waals surface area contributed by atoms with Crippen LogP contribution >= 0.6 is 0 Å². The van der Waals surface area contributed by atoms with Gasteiger partial charge in [0.1, 0.15) is 13.2 Å². The quantitative estimate of drug-likeness (QED) is 0.566. The van der Waals surface area contributed by atoms with Crippen LogP contribution in [0.4, 0.5) is 0 Å². The molecule has 2 bridgehead atoms. The number of hydrogen-bond donors (Lipinski definition) is 0. The Morgan fingerprint density at radius 2 is 1.81 bits per heavy atom. The third-order valence-corrected chi connectivity index (χ3v) is 7.24. The normalized spacial score (nSPS) is 28.3. The first-order chi connectivity index (χ1) is 12.7. The van der Waals surface area contributed by atoms with Gasteiger partial charge < -0.3 is 4.74 Å². The maximum atomic E-state index is 12.7. The number of ether oxygens (including phenoxy) is 1. The van der Waals surface area contributed by atoms with Crippen molar-refractivity contribution in [3.05, 3.63) is 45.6 Å². The summed E-state index contributed by atoms with van der Waals surface area (Å²) < 4.78 is 5.53. The third kappa shape index (κ3) is 2.33. The maximum absolute atomic E-state index is 12.7. The molecule has 0 radical (unpaired) electrons. The first kappa shape index (κ1) is 18.0. The van der Waals surface area contributed by atoms with Crippen molar-refractivity contribution in [2.45, 2.75) is 41.0 Å². The van der Waals surface area contributed by atoms with Crippen LogP contribution in [0.1, 0.15) is 41.0 Å². The first-order valence-corrected chi connectivity index (χ1v) is 9.45. The van der Waals surface area contributed by atoms with Crippen LogP contribution in [0.5, 0.6) is 0 Å². The predicted molar refractivity (Wildman–Crippen MR) is 100 cm³/mol. The van der Waals surface area contributed by atoms with Crippen molar-refractivity contribution in [3.63, 3.8) is 0 Å². The molecule has 0 aromatic rings. The molecule has 1 aliphatic heterocycles. The van der Waals surface area contributed by atoms with Crippen molar-refractivity contribution in [2.24, 2.45) is 17.3 Å². The zero-order valence-corrected chi connectivity index (χ0v) is 16.5. The van der Waals surface area contributed by atoms with E-state index in [-0.39, 0.29) is 36.3 Å². The van der Waals surface area contributed by atoms with Crippen LogP contribution in [0.2, 0.25) is 0 Å². The molecule has 5 nitrogen and oxygen atoms in total. The van der Waals surface area contributed by atoms with Crippen molar-refractivity contribution in [1.29, 1.82) is 0 Å². The second-order valence-corrected chi connectivity index (χ2v) is 8.37. The van der Waals surface area contributed by atoms with Crippen molar-refractivity contribution in [3.8, 4) is 0 Å². The number of fused-ring (bicyclic) bond motifs is 4. The van der Waals surface area contributed by atoms with Crippen LogP contribution in [-0.4, -0.2) is 35.8 Å². The van der Waals surface area contributed by atoms with Crippen molar-refractivity contribution >= 4 is 17.8 Å². The lowest BCUT2D eigenvalue weighted by Crippen LogP contribution is -2.38. The Morgan fingerprint density at radius 1 is 1.19 bits per heavy atom. The molecule has 0 aromatic carbocycles. The van der Waals surface area contributed by atoms with Crippen LogP contribution in [0.3, 0.4) is 0 Å². The van der Waals surface area contributed by atoms with Crippen LogP contribution < -0.4 is 0 Å². The van der Waals surface area contributed by atoms with Gasteiger partial charge in [0.25, 0.3) is 5.91 Å². The standard InChI is InChI=1S/C22H25NO4/c1-11-12(2)14(4)22(5,13(11)3)10-27-17(24)9-23-20(25)18-15-6-7-16(8-15)19(18)21(23)26/h6-7,15,18H,8-10H2,1-5H3. The highest BCUT2D eigenvalue weighted by molar-refractivity contribution is 6.17. The van der Waals surface area contributed by atoms with Gasteiger partial charge in [-0.15, -0.1) is 0 Å². The lowest BCUT2D eigenvalue weighted by molar-refractivity contribution is -0.154. The Kier molecular flexibility index (Phi) is 3.85. The number of carbonyl (C=O) groups is 3. The summed E-state index contributed by atoms with van der Waals surface area (Å²) in [6.45, 7) is 10.3. The molecule has 4 aliphatic rings. The highest BCUT2D eigenvalue weighted by Crippen LogP contribution is 2.49. The smallest absolute Gasteiger partial charge is 0.326 e. The van der Waals surface area contributed by atoms with Gasteiger partial charge in [0.15, 0.2) is 0 Å². The van der Waals surface area contributed by atoms with Gasteiger partial charge in [0, 0.05) is 11.0 Å². The molecule has 1 fully saturated rings. The number of nitrogens with zero attached hydrogens (tertiary/aromatic N) is 1. The van der Waals surface area contributed by atoms with E-state index in [0.717, 1.165) is 16.9 Å². The van der Waals surface area contributed by atoms with E-state index >= 15 is 0 Å². The average molecular weight is 367 g/mol. The monoisotopic (exact) mass is 367 g/mol. The van der Waals surface area contributed by atoms with E-state index in [1.807, 2.05) is 12.2 Å². The van der Waals surface area contributed by atoms with Gasteiger partial charge >= 0.3 is 5.97 Å². The minimum Gasteiger partial charge on any atom is -0.463 e. The molecule has 1 saturated heterocycles. The van der Waals surface area contributed by atoms with Gasteiger partial charge in [0.05, 0.1) is 5.92 Å². The molecular formula is C22H25NO4. The molecule has 27 heavy (non-hydrogen) atoms. The third-order valence-electron chi connectivity index (χ3n) is 7.24. The summed E-state index contributed by atoms with van der Waals surface area (Å²) in [6.07, 6.45) is 4.69. The van der Waals surface area contributed by atoms with Crippen LogP contribution in [-0.2, 0) is 19.1 Å². The van der Waals surface area contributed by atoms with E-state index in [2.05, 4.69) is 34.6 Å². The Bertz CT molecular complexity index is 891. The minimum absolute atomic E-state index is 0.0800. The lowest BCUT2D eigenvalue weighted by Gasteiger charge is -2.29. The zero-order chi connectivity index (χ0) is 19.7. The molecule has 3 aliphatic carbocycles. The zero-order valence-electron chi connectivity index (χ0n) is 16.5. The molecule has 4 rings (SSSR count). The summed E-state index contributed by atoms with van der Waals surface area (Å²) >= 11 is 0. The molecule has 5 heteroatoms. The van der Waals surface area contributed by atoms with Gasteiger partial charge in [-0.25, -0.2) is 0 Å². The van der Waals surface area contributed by atoms with Gasteiger partial charge in [-0.1, -0.05) is 23.3 Å². The Labute approximate surface area is 159 Å². The number of hydrogen-bond acceptors (Lipinski definition) is 4. The Hall–Kier alpha value is -2.43. The lowest BCUT2D eigenvalue weighted by atomic mass is 9.80. The molecule has 0 saturated carbocycles. The van der Waals surface area contributed by atoms with Crippen LogP contribution in [0.15, 0.2) is 45.6 Å². The van der Waals surface area contributed by atoms with E-state index in [0.29, 0.717) is 5.57 Å². The predicted octanol–water partition coefficient (Wildman–Crippen LogP) is 3.09. The van der Waals surface area contributed by atoms with Crippen molar-refractivity contribution in [1.82, 2.24) is 4.90 Å². The number of likely N-dealkylation sites (tertiary alicyclic amines) is 1. The number of amides is 2. The number of imide groups is 1. The molecule has 2 amide bonds. The topological polar surface area (TPSA) is 63.7 Å². The molecule has 1 heterocycles. The fourth-order valence-electron chi connectivity index (χ4n) is 4.90. The molecular weight excluding hydrogens is 342 g/mol. The van der Waals surface area contributed by atoms with E-state index in [1.54, 1.807) is 0 Å². The molecule has 0 N–H and O–H groups in total. The SMILES string of the molecule is CC1=C(C)C(C)(COC(=O)CN2C(=O)C3=C4C=CC(C4)C3C2=O)C(C)=C1C. The van der Waals surface area contributed by atoms with Crippen molar-refractivity contribution < 1.29 is 19.1 Å². The van der Waals surface area contributed by atoms with E-state index in [9.17, 15) is 14.4 Å². The Balaban J connectivity index is 1.44. The molecule has 142 valence electrons. The van der Waals surface area contributed by atoms with Gasteiger partial charge in [-0.2, -0.15) is 0 Å².